The van der Waals surface area contributed by atoms with Crippen molar-refractivity contribution in [1.29, 1.82) is 5.26 Å². The second kappa shape index (κ2) is 6.12. The summed E-state index contributed by atoms with van der Waals surface area (Å²) in [5.74, 6) is -0.125. The summed E-state index contributed by atoms with van der Waals surface area (Å²) in [6, 6.07) is 11.1. The van der Waals surface area contributed by atoms with E-state index in [9.17, 15) is 10.1 Å². The minimum Gasteiger partial charge on any atom is -0.396 e. The van der Waals surface area contributed by atoms with Crippen LogP contribution in [0.15, 0.2) is 34.5 Å². The van der Waals surface area contributed by atoms with Gasteiger partial charge < -0.3 is 5.73 Å². The number of nitrogens with zero attached hydrogens (tertiary/aromatic N) is 1. The molecule has 2 aromatic rings. The van der Waals surface area contributed by atoms with Crippen LogP contribution in [0.4, 0.5) is 5.69 Å². The van der Waals surface area contributed by atoms with Crippen molar-refractivity contribution in [1.82, 2.24) is 0 Å². The van der Waals surface area contributed by atoms with Crippen LogP contribution < -0.4 is 5.73 Å². The van der Waals surface area contributed by atoms with Gasteiger partial charge in [-0.3, -0.25) is 4.79 Å². The molecule has 1 aromatic heterocycles. The first-order valence-electron chi connectivity index (χ1n) is 6.13. The number of nitrogen functional groups attached to an aromatic ring is 1. The molecule has 0 aliphatic carbocycles. The molecule has 0 amide bonds. The average molecular weight is 302 g/mol. The van der Waals surface area contributed by atoms with E-state index >= 15 is 0 Å². The van der Waals surface area contributed by atoms with Crippen molar-refractivity contribution in [2.45, 2.75) is 23.3 Å². The lowest BCUT2D eigenvalue weighted by Gasteiger charge is -2.00. The third-order valence-corrected chi connectivity index (χ3v) is 5.04. The number of benzene rings is 1. The molecule has 0 saturated carbocycles. The highest BCUT2D eigenvalue weighted by molar-refractivity contribution is 8.01. The lowest BCUT2D eigenvalue weighted by molar-refractivity contribution is 0.104. The van der Waals surface area contributed by atoms with Crippen molar-refractivity contribution in [3.05, 3.63) is 46.3 Å². The molecule has 0 fully saturated rings. The maximum Gasteiger partial charge on any atom is 0.205 e. The first-order valence-corrected chi connectivity index (χ1v) is 7.83. The molecular formula is C15H14N2OS2. The summed E-state index contributed by atoms with van der Waals surface area (Å²) < 4.78 is 0.819. The predicted molar refractivity (Wildman–Crippen MR) is 84.3 cm³/mol. The number of anilines is 1. The van der Waals surface area contributed by atoms with E-state index < -0.39 is 0 Å². The summed E-state index contributed by atoms with van der Waals surface area (Å²) in [6.45, 7) is 4.08. The van der Waals surface area contributed by atoms with Gasteiger partial charge in [0.2, 0.25) is 5.78 Å². The topological polar surface area (TPSA) is 66.9 Å². The van der Waals surface area contributed by atoms with Gasteiger partial charge in [0.25, 0.3) is 0 Å². The van der Waals surface area contributed by atoms with Gasteiger partial charge in [0.05, 0.1) is 9.90 Å². The van der Waals surface area contributed by atoms with Gasteiger partial charge in [-0.25, -0.2) is 0 Å². The standard InChI is InChI=1S/C15H14N2OS2/c1-9(2)19-15-11(8-16)12(17)14(20-15)13(18)10-6-4-3-5-7-10/h3-7,9H,17H2,1-2H3. The smallest absolute Gasteiger partial charge is 0.205 e. The fourth-order valence-electron chi connectivity index (χ4n) is 1.71. The Balaban J connectivity index is 2.46. The molecule has 0 bridgehead atoms. The van der Waals surface area contributed by atoms with Crippen LogP contribution in [0.25, 0.3) is 0 Å². The van der Waals surface area contributed by atoms with Crippen LogP contribution in [-0.4, -0.2) is 11.0 Å². The second-order valence-corrected chi connectivity index (χ2v) is 7.35. The molecule has 0 saturated heterocycles. The van der Waals surface area contributed by atoms with Crippen LogP contribution in [0.5, 0.6) is 0 Å². The van der Waals surface area contributed by atoms with Gasteiger partial charge in [0.1, 0.15) is 16.5 Å². The van der Waals surface area contributed by atoms with E-state index in [4.69, 9.17) is 5.73 Å². The molecule has 1 heterocycles. The molecule has 0 atom stereocenters. The molecule has 2 rings (SSSR count). The Bertz CT molecular complexity index is 669. The number of carbonyl (C=O) groups is 1. The second-order valence-electron chi connectivity index (χ2n) is 4.48. The van der Waals surface area contributed by atoms with E-state index in [2.05, 4.69) is 6.07 Å². The lowest BCUT2D eigenvalue weighted by atomic mass is 10.1. The third-order valence-electron chi connectivity index (χ3n) is 2.61. The molecule has 3 nitrogen and oxygen atoms in total. The molecule has 0 radical (unpaired) electrons. The number of hydrogen-bond acceptors (Lipinski definition) is 5. The van der Waals surface area contributed by atoms with Crippen LogP contribution in [0.3, 0.4) is 0 Å². The Kier molecular flexibility index (Phi) is 4.48. The van der Waals surface area contributed by atoms with Crippen LogP contribution in [0.1, 0.15) is 34.6 Å². The fourth-order valence-corrected chi connectivity index (χ4v) is 4.30. The highest BCUT2D eigenvalue weighted by atomic mass is 32.2. The van der Waals surface area contributed by atoms with E-state index in [0.717, 1.165) is 4.21 Å². The molecule has 20 heavy (non-hydrogen) atoms. The first-order chi connectivity index (χ1) is 9.54. The van der Waals surface area contributed by atoms with E-state index in [1.54, 1.807) is 23.9 Å². The maximum atomic E-state index is 12.4. The molecule has 5 heteroatoms. The first kappa shape index (κ1) is 14.6. The number of nitrogens with two attached hydrogens (primary N) is 1. The number of nitriles is 1. The molecular weight excluding hydrogens is 288 g/mol. The highest BCUT2D eigenvalue weighted by Gasteiger charge is 2.22. The normalized spacial score (nSPS) is 10.5. The summed E-state index contributed by atoms with van der Waals surface area (Å²) in [4.78, 5) is 12.9. The molecule has 0 unspecified atom stereocenters. The van der Waals surface area contributed by atoms with Gasteiger partial charge >= 0.3 is 0 Å². The number of thioether (sulfide) groups is 1. The Morgan fingerprint density at radius 3 is 2.55 bits per heavy atom. The Labute approximate surface area is 126 Å². The largest absolute Gasteiger partial charge is 0.396 e. The van der Waals surface area contributed by atoms with Gasteiger partial charge in [-0.05, 0) is 0 Å². The molecule has 102 valence electrons. The summed E-state index contributed by atoms with van der Waals surface area (Å²) >= 11 is 2.87. The van der Waals surface area contributed by atoms with Crippen molar-refractivity contribution >= 4 is 34.6 Å². The van der Waals surface area contributed by atoms with Crippen molar-refractivity contribution < 1.29 is 4.79 Å². The van der Waals surface area contributed by atoms with Gasteiger partial charge in [-0.15, -0.1) is 23.1 Å². The number of ketones is 1. The zero-order valence-electron chi connectivity index (χ0n) is 11.2. The van der Waals surface area contributed by atoms with E-state index in [1.165, 1.54) is 11.3 Å². The Hall–Kier alpha value is -1.77. The number of hydrogen-bond donors (Lipinski definition) is 1. The third kappa shape index (κ3) is 2.87. The van der Waals surface area contributed by atoms with Gasteiger partial charge in [-0.1, -0.05) is 44.2 Å². The Morgan fingerprint density at radius 1 is 1.35 bits per heavy atom. The van der Waals surface area contributed by atoms with E-state index in [-0.39, 0.29) is 5.78 Å². The minimum atomic E-state index is -0.125. The average Bonchev–Trinajstić information content (AvgIpc) is 2.74. The number of carbonyl (C=O) groups excluding carboxylic acids is 1. The zero-order chi connectivity index (χ0) is 14.7. The molecule has 0 aliphatic rings. The van der Waals surface area contributed by atoms with Crippen LogP contribution in [0, 0.1) is 11.3 Å². The molecule has 0 aliphatic heterocycles. The van der Waals surface area contributed by atoms with Gasteiger partial charge in [0, 0.05) is 10.8 Å². The zero-order valence-corrected chi connectivity index (χ0v) is 12.8. The predicted octanol–water partition coefficient (Wildman–Crippen LogP) is 3.93. The van der Waals surface area contributed by atoms with Crippen LogP contribution in [0.2, 0.25) is 0 Å². The monoisotopic (exact) mass is 302 g/mol. The quantitative estimate of drug-likeness (QED) is 0.686. The van der Waals surface area contributed by atoms with Crippen molar-refractivity contribution in [2.24, 2.45) is 0 Å². The summed E-state index contributed by atoms with van der Waals surface area (Å²) in [7, 11) is 0. The highest BCUT2D eigenvalue weighted by Crippen LogP contribution is 2.40. The lowest BCUT2D eigenvalue weighted by Crippen LogP contribution is -2.02. The summed E-state index contributed by atoms with van der Waals surface area (Å²) in [5.41, 5.74) is 7.30. The summed E-state index contributed by atoms with van der Waals surface area (Å²) in [5, 5.41) is 9.56. The molecule has 2 N–H and O–H groups in total. The SMILES string of the molecule is CC(C)Sc1sc(C(=O)c2ccccc2)c(N)c1C#N. The van der Waals surface area contributed by atoms with E-state index in [1.807, 2.05) is 32.0 Å². The van der Waals surface area contributed by atoms with Crippen LogP contribution in [-0.2, 0) is 0 Å². The maximum absolute atomic E-state index is 12.4. The number of thiophene rings is 1. The Morgan fingerprint density at radius 2 is 2.00 bits per heavy atom. The minimum absolute atomic E-state index is 0.125. The van der Waals surface area contributed by atoms with E-state index in [0.29, 0.717) is 26.9 Å². The van der Waals surface area contributed by atoms with Crippen molar-refractivity contribution in [3.8, 4) is 6.07 Å². The molecule has 1 aromatic carbocycles. The van der Waals surface area contributed by atoms with Crippen molar-refractivity contribution in [3.63, 3.8) is 0 Å². The summed E-state index contributed by atoms with van der Waals surface area (Å²) in [6.07, 6.45) is 0. The number of rotatable bonds is 4. The van der Waals surface area contributed by atoms with Crippen molar-refractivity contribution in [2.75, 3.05) is 5.73 Å². The molecule has 0 spiro atoms. The van der Waals surface area contributed by atoms with Gasteiger partial charge in [0.15, 0.2) is 0 Å². The fraction of sp³-hybridized carbons (Fsp3) is 0.200. The van der Waals surface area contributed by atoms with Crippen LogP contribution >= 0.6 is 23.1 Å². The van der Waals surface area contributed by atoms with Gasteiger partial charge in [-0.2, -0.15) is 5.26 Å².